The zero-order chi connectivity index (χ0) is 18.5. The summed E-state index contributed by atoms with van der Waals surface area (Å²) in [5, 5.41) is 2.73. The van der Waals surface area contributed by atoms with E-state index in [9.17, 15) is 14.0 Å². The molecule has 3 rings (SSSR count). The Kier molecular flexibility index (Phi) is 5.33. The summed E-state index contributed by atoms with van der Waals surface area (Å²) in [6.07, 6.45) is 0.632. The molecule has 0 unspecified atom stereocenters. The van der Waals surface area contributed by atoms with Crippen LogP contribution in [0, 0.1) is 5.82 Å². The number of imidazole rings is 1. The Labute approximate surface area is 148 Å². The second-order valence-corrected chi connectivity index (χ2v) is 5.77. The van der Waals surface area contributed by atoms with Gasteiger partial charge in [0, 0.05) is 6.54 Å². The lowest BCUT2D eigenvalue weighted by molar-refractivity contribution is 0.0946. The SMILES string of the molecule is NCCCOc1ccc(F)cc1C(=O)NCc1ccc2[nH]c(=O)[nH]c2c1. The molecule has 8 heteroatoms. The van der Waals surface area contributed by atoms with E-state index < -0.39 is 11.7 Å². The van der Waals surface area contributed by atoms with Crippen LogP contribution in [0.4, 0.5) is 4.39 Å². The van der Waals surface area contributed by atoms with Crippen LogP contribution in [0.1, 0.15) is 22.3 Å². The number of rotatable bonds is 7. The lowest BCUT2D eigenvalue weighted by Gasteiger charge is -2.12. The maximum atomic E-state index is 13.5. The summed E-state index contributed by atoms with van der Waals surface area (Å²) in [4.78, 5) is 29.0. The van der Waals surface area contributed by atoms with Crippen LogP contribution in [0.25, 0.3) is 11.0 Å². The molecule has 1 heterocycles. The number of benzene rings is 2. The van der Waals surface area contributed by atoms with E-state index in [1.165, 1.54) is 12.1 Å². The molecule has 0 atom stereocenters. The molecule has 2 aromatic carbocycles. The van der Waals surface area contributed by atoms with Gasteiger partial charge in [0.2, 0.25) is 0 Å². The molecule has 0 aliphatic rings. The molecule has 1 aromatic heterocycles. The fourth-order valence-corrected chi connectivity index (χ4v) is 2.54. The number of hydrogen-bond acceptors (Lipinski definition) is 4. The summed E-state index contributed by atoms with van der Waals surface area (Å²) in [6, 6.07) is 9.11. The Morgan fingerprint density at radius 1 is 1.15 bits per heavy atom. The minimum atomic E-state index is -0.521. The number of amides is 1. The van der Waals surface area contributed by atoms with Crippen LogP contribution >= 0.6 is 0 Å². The molecule has 0 aliphatic carbocycles. The number of aromatic nitrogens is 2. The Morgan fingerprint density at radius 2 is 1.96 bits per heavy atom. The quantitative estimate of drug-likeness (QED) is 0.481. The smallest absolute Gasteiger partial charge is 0.323 e. The number of nitrogens with two attached hydrogens (primary N) is 1. The van der Waals surface area contributed by atoms with Gasteiger partial charge in [-0.25, -0.2) is 9.18 Å². The molecule has 0 radical (unpaired) electrons. The average molecular weight is 358 g/mol. The summed E-state index contributed by atoms with van der Waals surface area (Å²) < 4.78 is 19.1. The van der Waals surface area contributed by atoms with E-state index >= 15 is 0 Å². The first kappa shape index (κ1) is 17.7. The molecule has 3 aromatic rings. The first-order valence-corrected chi connectivity index (χ1v) is 8.18. The van der Waals surface area contributed by atoms with E-state index in [4.69, 9.17) is 10.5 Å². The number of aromatic amines is 2. The van der Waals surface area contributed by atoms with Crippen molar-refractivity contribution in [1.82, 2.24) is 15.3 Å². The van der Waals surface area contributed by atoms with Crippen LogP contribution < -0.4 is 21.5 Å². The number of ether oxygens (including phenoxy) is 1. The highest BCUT2D eigenvalue weighted by atomic mass is 19.1. The van der Waals surface area contributed by atoms with Crippen LogP contribution in [0.3, 0.4) is 0 Å². The van der Waals surface area contributed by atoms with Gasteiger partial charge in [0.25, 0.3) is 5.91 Å². The molecular formula is C18H19FN4O3. The summed E-state index contributed by atoms with van der Waals surface area (Å²) in [6.45, 7) is 1.03. The van der Waals surface area contributed by atoms with Crippen LogP contribution in [-0.2, 0) is 6.54 Å². The van der Waals surface area contributed by atoms with Crippen molar-refractivity contribution in [3.05, 3.63) is 63.8 Å². The van der Waals surface area contributed by atoms with Crippen molar-refractivity contribution in [2.45, 2.75) is 13.0 Å². The van der Waals surface area contributed by atoms with E-state index in [0.717, 1.165) is 11.6 Å². The lowest BCUT2D eigenvalue weighted by atomic mass is 10.1. The van der Waals surface area contributed by atoms with Crippen molar-refractivity contribution in [3.8, 4) is 5.75 Å². The molecule has 1 amide bonds. The Bertz CT molecular complexity index is 980. The summed E-state index contributed by atoms with van der Waals surface area (Å²) >= 11 is 0. The van der Waals surface area contributed by atoms with E-state index in [1.807, 2.05) is 0 Å². The molecular weight excluding hydrogens is 339 g/mol. The van der Waals surface area contributed by atoms with E-state index in [0.29, 0.717) is 36.4 Å². The van der Waals surface area contributed by atoms with Gasteiger partial charge in [0.05, 0.1) is 23.2 Å². The maximum Gasteiger partial charge on any atom is 0.323 e. The first-order valence-electron chi connectivity index (χ1n) is 8.18. The number of fused-ring (bicyclic) bond motifs is 1. The molecule has 0 saturated heterocycles. The van der Waals surface area contributed by atoms with E-state index in [1.54, 1.807) is 18.2 Å². The largest absolute Gasteiger partial charge is 0.493 e. The average Bonchev–Trinajstić information content (AvgIpc) is 3.00. The third-order valence-electron chi connectivity index (χ3n) is 3.83. The van der Waals surface area contributed by atoms with Crippen LogP contribution in [0.2, 0.25) is 0 Å². The zero-order valence-electron chi connectivity index (χ0n) is 14.0. The van der Waals surface area contributed by atoms with Gasteiger partial charge in [0.1, 0.15) is 11.6 Å². The second kappa shape index (κ2) is 7.83. The van der Waals surface area contributed by atoms with Crippen molar-refractivity contribution in [2.75, 3.05) is 13.2 Å². The fourth-order valence-electron chi connectivity index (χ4n) is 2.54. The summed E-state index contributed by atoms with van der Waals surface area (Å²) in [5.41, 5.74) is 7.39. The Balaban J connectivity index is 1.72. The van der Waals surface area contributed by atoms with Crippen molar-refractivity contribution in [3.63, 3.8) is 0 Å². The molecule has 136 valence electrons. The molecule has 5 N–H and O–H groups in total. The number of carbonyl (C=O) groups is 1. The van der Waals surface area contributed by atoms with Gasteiger partial charge >= 0.3 is 5.69 Å². The Hall–Kier alpha value is -3.13. The molecule has 0 bridgehead atoms. The van der Waals surface area contributed by atoms with Gasteiger partial charge in [-0.05, 0) is 48.9 Å². The van der Waals surface area contributed by atoms with Gasteiger partial charge in [-0.1, -0.05) is 6.07 Å². The third-order valence-corrected chi connectivity index (χ3v) is 3.83. The van der Waals surface area contributed by atoms with Gasteiger partial charge in [0.15, 0.2) is 0 Å². The van der Waals surface area contributed by atoms with E-state index in [-0.39, 0.29) is 17.8 Å². The number of hydrogen-bond donors (Lipinski definition) is 4. The monoisotopic (exact) mass is 358 g/mol. The standard InChI is InChI=1S/C18H19FN4O3/c19-12-3-5-16(26-7-1-6-20)13(9-12)17(24)21-10-11-2-4-14-15(8-11)23-18(25)22-14/h2-5,8-9H,1,6-7,10,20H2,(H,21,24)(H2,22,23,25). The summed E-state index contributed by atoms with van der Waals surface area (Å²) in [7, 11) is 0. The minimum Gasteiger partial charge on any atom is -0.493 e. The summed E-state index contributed by atoms with van der Waals surface area (Å²) in [5.74, 6) is -0.662. The molecule has 26 heavy (non-hydrogen) atoms. The number of halogens is 1. The second-order valence-electron chi connectivity index (χ2n) is 5.77. The van der Waals surface area contributed by atoms with Crippen molar-refractivity contribution in [1.29, 1.82) is 0 Å². The fraction of sp³-hybridized carbons (Fsp3) is 0.222. The van der Waals surface area contributed by atoms with Crippen molar-refractivity contribution < 1.29 is 13.9 Å². The topological polar surface area (TPSA) is 113 Å². The molecule has 0 aliphatic heterocycles. The van der Waals surface area contributed by atoms with Gasteiger partial charge in [-0.3, -0.25) is 4.79 Å². The van der Waals surface area contributed by atoms with Crippen LogP contribution in [-0.4, -0.2) is 29.0 Å². The van der Waals surface area contributed by atoms with Crippen LogP contribution in [0.15, 0.2) is 41.2 Å². The molecule has 0 saturated carbocycles. The van der Waals surface area contributed by atoms with Gasteiger partial charge in [-0.15, -0.1) is 0 Å². The normalized spacial score (nSPS) is 10.8. The van der Waals surface area contributed by atoms with Crippen molar-refractivity contribution in [2.24, 2.45) is 5.73 Å². The predicted octanol–water partition coefficient (Wildman–Crippen LogP) is 1.65. The number of H-pyrrole nitrogens is 2. The maximum absolute atomic E-state index is 13.5. The molecule has 0 fully saturated rings. The van der Waals surface area contributed by atoms with Crippen molar-refractivity contribution >= 4 is 16.9 Å². The van der Waals surface area contributed by atoms with E-state index in [2.05, 4.69) is 15.3 Å². The minimum absolute atomic E-state index is 0.123. The van der Waals surface area contributed by atoms with Crippen LogP contribution in [0.5, 0.6) is 5.75 Å². The highest BCUT2D eigenvalue weighted by molar-refractivity contribution is 5.97. The molecule has 7 nitrogen and oxygen atoms in total. The predicted molar refractivity (Wildman–Crippen MR) is 95.7 cm³/mol. The number of nitrogens with one attached hydrogen (secondary N) is 3. The van der Waals surface area contributed by atoms with Gasteiger partial charge < -0.3 is 25.8 Å². The highest BCUT2D eigenvalue weighted by Crippen LogP contribution is 2.20. The van der Waals surface area contributed by atoms with Gasteiger partial charge in [-0.2, -0.15) is 0 Å². The highest BCUT2D eigenvalue weighted by Gasteiger charge is 2.14. The third kappa shape index (κ3) is 4.09. The number of carbonyl (C=O) groups excluding carboxylic acids is 1. The molecule has 0 spiro atoms. The lowest BCUT2D eigenvalue weighted by Crippen LogP contribution is -2.24. The first-order chi connectivity index (χ1) is 12.6. The Morgan fingerprint density at radius 3 is 2.77 bits per heavy atom. The zero-order valence-corrected chi connectivity index (χ0v) is 14.0.